The molecule has 17 heteroatoms. The molecule has 0 unspecified atom stereocenters. The Kier molecular flexibility index (Phi) is 30.7. The Morgan fingerprint density at radius 2 is 0.968 bits per heavy atom. The summed E-state index contributed by atoms with van der Waals surface area (Å²) in [5.41, 5.74) is 3.94. The zero-order valence-corrected chi connectivity index (χ0v) is 22.2. The summed E-state index contributed by atoms with van der Waals surface area (Å²) in [5, 5.41) is 63.1. The van der Waals surface area contributed by atoms with Crippen LogP contribution in [0, 0.1) is 0 Å². The van der Waals surface area contributed by atoms with Crippen molar-refractivity contribution >= 4 is 36.3 Å². The second kappa shape index (κ2) is 23.1. The maximum Gasteiger partial charge on any atom is 1.00 e. The van der Waals surface area contributed by atoms with Crippen molar-refractivity contribution in [2.24, 2.45) is 5.73 Å². The third-order valence-electron chi connectivity index (χ3n) is 3.10. The number of nitrogens with two attached hydrogens (primary N) is 1. The van der Waals surface area contributed by atoms with Gasteiger partial charge in [-0.2, -0.15) is 0 Å². The molecule has 0 saturated carbocycles. The van der Waals surface area contributed by atoms with E-state index in [2.05, 4.69) is 0 Å². The van der Waals surface area contributed by atoms with Crippen LogP contribution in [0.2, 0.25) is 0 Å². The molecule has 0 aromatic carbocycles. The van der Waals surface area contributed by atoms with Crippen LogP contribution in [0.1, 0.15) is 0 Å². The van der Waals surface area contributed by atoms with Gasteiger partial charge >= 0.3 is 71.1 Å². The Labute approximate surface area is 229 Å². The second-order valence-corrected chi connectivity index (χ2v) is 5.79. The van der Waals surface area contributed by atoms with Crippen molar-refractivity contribution in [3.05, 3.63) is 0 Å². The van der Waals surface area contributed by atoms with Crippen LogP contribution >= 0.6 is 12.4 Å². The van der Waals surface area contributed by atoms with Gasteiger partial charge in [-0.1, -0.05) is 0 Å². The van der Waals surface area contributed by atoms with Crippen molar-refractivity contribution in [3.63, 3.8) is 0 Å². The molecule has 14 nitrogen and oxygen atoms in total. The summed E-state index contributed by atoms with van der Waals surface area (Å²) in [7, 11) is 0. The fourth-order valence-electron chi connectivity index (χ4n) is 1.61. The number of halogens is 1. The van der Waals surface area contributed by atoms with E-state index in [9.17, 15) is 29.4 Å². The Morgan fingerprint density at radius 1 is 0.710 bits per heavy atom. The minimum Gasteiger partial charge on any atom is -0.549 e. The van der Waals surface area contributed by atoms with E-state index >= 15 is 0 Å². The number of carbonyl (C=O) groups excluding carboxylic acids is 2. The van der Waals surface area contributed by atoms with Crippen molar-refractivity contribution in [1.29, 1.82) is 0 Å². The van der Waals surface area contributed by atoms with E-state index in [0.717, 1.165) is 9.80 Å². The third kappa shape index (κ3) is 26.1. The van der Waals surface area contributed by atoms with Crippen LogP contribution in [0.15, 0.2) is 0 Å². The zero-order valence-electron chi connectivity index (χ0n) is 17.4. The maximum absolute atomic E-state index is 10.5. The first-order valence-electron chi connectivity index (χ1n) is 7.78. The number of rotatable bonds is 14. The molecule has 0 aromatic rings. The van der Waals surface area contributed by atoms with Gasteiger partial charge < -0.3 is 51.1 Å². The van der Waals surface area contributed by atoms with E-state index in [1.807, 2.05) is 0 Å². The van der Waals surface area contributed by atoms with Gasteiger partial charge in [-0.25, -0.2) is 0 Å². The Morgan fingerprint density at radius 3 is 1.13 bits per heavy atom. The molecule has 0 aromatic heterocycles. The normalized spacial score (nSPS) is 10.0. The molecule has 0 spiro atoms. The number of carboxylic acid groups (broad SMARTS) is 4. The second-order valence-electron chi connectivity index (χ2n) is 5.79. The molecule has 0 fully saturated rings. The van der Waals surface area contributed by atoms with Gasteiger partial charge in [-0.3, -0.25) is 19.4 Å². The zero-order chi connectivity index (χ0) is 22.3. The standard InChI is InChI=1S/C10H16N2O8.C4H11NO3.ClH.2Na/c13-7(14)3-11(4-8(15)16)1-2-12(5-9(17)18)6-10(19)20;5-4(1-6,2-7)3-8;;;/h1-6H2,(H,13,14)(H,15,16)(H,17,18)(H,19,20);6-8H,1-3,5H2;1H;;/q;;;2*+1/p-2. The number of aliphatic hydroxyl groups is 3. The van der Waals surface area contributed by atoms with Crippen LogP contribution in [0.25, 0.3) is 0 Å². The van der Waals surface area contributed by atoms with E-state index in [0.29, 0.717) is 0 Å². The predicted octanol–water partition coefficient (Wildman–Crippen LogP) is -12.7. The topological polar surface area (TPSA) is 248 Å². The summed E-state index contributed by atoms with van der Waals surface area (Å²) in [4.78, 5) is 43.9. The van der Waals surface area contributed by atoms with Gasteiger partial charge in [0.1, 0.15) is 0 Å². The van der Waals surface area contributed by atoms with E-state index in [-0.39, 0.29) is 84.6 Å². The number of aliphatic carboxylic acids is 4. The van der Waals surface area contributed by atoms with E-state index in [4.69, 9.17) is 31.3 Å². The van der Waals surface area contributed by atoms with Gasteiger partial charge in [0.2, 0.25) is 0 Å². The summed E-state index contributed by atoms with van der Waals surface area (Å²) < 4.78 is 0. The quantitative estimate of drug-likeness (QED) is 0.123. The number of carbonyl (C=O) groups is 4. The van der Waals surface area contributed by atoms with Crippen LogP contribution in [0.5, 0.6) is 0 Å². The molecular weight excluding hydrogens is 468 g/mol. The van der Waals surface area contributed by atoms with E-state index in [1.54, 1.807) is 0 Å². The van der Waals surface area contributed by atoms with Crippen molar-refractivity contribution < 1.29 is 114 Å². The molecule has 0 bridgehead atoms. The van der Waals surface area contributed by atoms with E-state index in [1.165, 1.54) is 0 Å². The average molecular weight is 494 g/mol. The van der Waals surface area contributed by atoms with Crippen molar-refractivity contribution in [1.82, 2.24) is 9.80 Å². The molecular formula is C14H26ClN3Na2O11. The van der Waals surface area contributed by atoms with E-state index < -0.39 is 75.4 Å². The first-order chi connectivity index (χ1) is 12.9. The molecule has 0 aliphatic heterocycles. The molecule has 0 saturated heterocycles. The van der Waals surface area contributed by atoms with Crippen LogP contribution in [-0.2, 0) is 19.2 Å². The summed E-state index contributed by atoms with van der Waals surface area (Å²) in [6.07, 6.45) is 0. The molecule has 0 radical (unpaired) electrons. The first-order valence-corrected chi connectivity index (χ1v) is 7.78. The van der Waals surface area contributed by atoms with Crippen molar-refractivity contribution in [2.75, 3.05) is 59.1 Å². The molecule has 0 aliphatic carbocycles. The Hall–Kier alpha value is -0.0700. The predicted molar refractivity (Wildman–Crippen MR) is 93.6 cm³/mol. The summed E-state index contributed by atoms with van der Waals surface area (Å²) >= 11 is 0. The minimum absolute atomic E-state index is 0. The largest absolute Gasteiger partial charge is 1.00 e. The maximum atomic E-state index is 10.5. The van der Waals surface area contributed by atoms with Crippen LogP contribution in [0.4, 0.5) is 0 Å². The van der Waals surface area contributed by atoms with Crippen LogP contribution in [-0.4, -0.2) is 124 Å². The molecule has 0 atom stereocenters. The Balaban J connectivity index is -0.000000176. The number of nitrogens with zero attached hydrogens (tertiary/aromatic N) is 2. The number of carboxylic acids is 4. The van der Waals surface area contributed by atoms with Gasteiger partial charge in [-0.05, 0) is 0 Å². The number of aliphatic hydroxyl groups excluding tert-OH is 3. The summed E-state index contributed by atoms with van der Waals surface area (Å²) in [5.74, 6) is -5.52. The van der Waals surface area contributed by atoms with Crippen LogP contribution < -0.4 is 75.1 Å². The third-order valence-corrected chi connectivity index (χ3v) is 3.10. The molecule has 7 N–H and O–H groups in total. The molecule has 0 amide bonds. The summed E-state index contributed by atoms with van der Waals surface area (Å²) in [6.45, 7) is -3.96. The monoisotopic (exact) mass is 493 g/mol. The van der Waals surface area contributed by atoms with Crippen molar-refractivity contribution in [2.45, 2.75) is 5.54 Å². The smallest absolute Gasteiger partial charge is 0.549 e. The number of hydrogen-bond donors (Lipinski definition) is 6. The fourth-order valence-corrected chi connectivity index (χ4v) is 1.61. The molecule has 31 heavy (non-hydrogen) atoms. The van der Waals surface area contributed by atoms with Crippen LogP contribution in [0.3, 0.4) is 0 Å². The SMILES string of the molecule is Cl.NC(CO)(CO)CO.O=C([O-])CN(CCN(CC(=O)O)CC(=O)O)CC(=O)[O-].[Na+].[Na+]. The Bertz CT molecular complexity index is 451. The average Bonchev–Trinajstić information content (AvgIpc) is 2.57. The molecule has 0 heterocycles. The van der Waals surface area contributed by atoms with Gasteiger partial charge in [0, 0.05) is 26.2 Å². The van der Waals surface area contributed by atoms with Gasteiger partial charge in [0.05, 0.1) is 50.4 Å². The van der Waals surface area contributed by atoms with Gasteiger partial charge in [0.15, 0.2) is 0 Å². The molecule has 0 rings (SSSR count). The molecule has 0 aliphatic rings. The number of hydrogen-bond acceptors (Lipinski definition) is 12. The van der Waals surface area contributed by atoms with Crippen molar-refractivity contribution in [3.8, 4) is 0 Å². The summed E-state index contributed by atoms with van der Waals surface area (Å²) in [6, 6.07) is 0. The van der Waals surface area contributed by atoms with Gasteiger partial charge in [-0.15, -0.1) is 12.4 Å². The minimum atomic E-state index is -1.51. The van der Waals surface area contributed by atoms with Gasteiger partial charge in [0.25, 0.3) is 0 Å². The molecule has 172 valence electrons. The first kappa shape index (κ1) is 41.2. The fraction of sp³-hybridized carbons (Fsp3) is 0.714.